The van der Waals surface area contributed by atoms with Gasteiger partial charge in [0.2, 0.25) is 5.06 Å². The van der Waals surface area contributed by atoms with Crippen LogP contribution in [0.5, 0.6) is 5.06 Å². The molecule has 3 heterocycles. The van der Waals surface area contributed by atoms with Crippen LogP contribution in [0.3, 0.4) is 0 Å². The zero-order valence-electron chi connectivity index (χ0n) is 13.1. The number of thiophene rings is 2. The number of rotatable bonds is 2. The van der Waals surface area contributed by atoms with Crippen LogP contribution in [-0.2, 0) is 0 Å². The quantitative estimate of drug-likeness (QED) is 0.484. The number of carbonyl (C=O) groups excluding carboxylic acids is 1. The molecular formula is C17H11N5O2S2. The Kier molecular flexibility index (Phi) is 3.64. The molecule has 1 amide bonds. The van der Waals surface area contributed by atoms with Gasteiger partial charge in [0.25, 0.3) is 0 Å². The van der Waals surface area contributed by atoms with Crippen LogP contribution in [0.4, 0.5) is 16.3 Å². The lowest BCUT2D eigenvalue weighted by Crippen LogP contribution is -2.16. The number of hydrogen-bond acceptors (Lipinski definition) is 8. The first-order valence-electron chi connectivity index (χ1n) is 7.37. The summed E-state index contributed by atoms with van der Waals surface area (Å²) in [7, 11) is 0. The summed E-state index contributed by atoms with van der Waals surface area (Å²) in [5.41, 5.74) is 18.3. The maximum absolute atomic E-state index is 11.1. The number of carbonyl (C=O) groups is 1. The Morgan fingerprint density at radius 1 is 1.23 bits per heavy atom. The molecule has 0 unspecified atom stereocenters. The van der Waals surface area contributed by atoms with Crippen molar-refractivity contribution in [1.82, 2.24) is 4.98 Å². The maximum Gasteiger partial charge on any atom is 0.410 e. The van der Waals surface area contributed by atoms with Crippen molar-refractivity contribution in [3.05, 3.63) is 35.9 Å². The highest BCUT2D eigenvalue weighted by molar-refractivity contribution is 7.23. The van der Waals surface area contributed by atoms with E-state index in [4.69, 9.17) is 21.9 Å². The highest BCUT2D eigenvalue weighted by Crippen LogP contribution is 2.48. The predicted molar refractivity (Wildman–Crippen MR) is 104 cm³/mol. The molecule has 0 radical (unpaired) electrons. The second-order valence-corrected chi connectivity index (χ2v) is 7.46. The van der Waals surface area contributed by atoms with Crippen LogP contribution in [0.2, 0.25) is 0 Å². The van der Waals surface area contributed by atoms with E-state index in [9.17, 15) is 10.1 Å². The molecule has 0 spiro atoms. The lowest BCUT2D eigenvalue weighted by Gasteiger charge is -2.07. The van der Waals surface area contributed by atoms with E-state index in [2.05, 4.69) is 11.1 Å². The molecule has 0 atom stereocenters. The van der Waals surface area contributed by atoms with Crippen LogP contribution in [0.15, 0.2) is 30.3 Å². The van der Waals surface area contributed by atoms with Gasteiger partial charge in [0, 0.05) is 20.5 Å². The Hall–Kier alpha value is -3.35. The van der Waals surface area contributed by atoms with Crippen molar-refractivity contribution in [2.75, 3.05) is 11.5 Å². The molecule has 1 aromatic carbocycles. The molecule has 0 aliphatic heterocycles. The Morgan fingerprint density at radius 2 is 2.00 bits per heavy atom. The number of nitrogens with two attached hydrogens (primary N) is 3. The molecular weight excluding hydrogens is 370 g/mol. The van der Waals surface area contributed by atoms with Crippen molar-refractivity contribution in [3.8, 4) is 21.6 Å². The highest BCUT2D eigenvalue weighted by Gasteiger charge is 2.24. The standard InChI is InChI=1S/C17H11N5O2S2/c18-6-8-11(10-5-7-3-1-2-4-9(7)25-10)12-13(19)16(24-17(21)23)26-15(12)22-14(8)20/h1-5H,19H2,(H2,20,22)(H2,21,23). The number of hydrogen-bond donors (Lipinski definition) is 3. The normalized spacial score (nSPS) is 10.9. The number of nitrogen functional groups attached to an aromatic ring is 2. The van der Waals surface area contributed by atoms with Gasteiger partial charge in [-0.25, -0.2) is 9.78 Å². The van der Waals surface area contributed by atoms with E-state index in [-0.39, 0.29) is 22.1 Å². The summed E-state index contributed by atoms with van der Waals surface area (Å²) in [6.45, 7) is 0. The first-order chi connectivity index (χ1) is 12.5. The Labute approximate surface area is 155 Å². The monoisotopic (exact) mass is 381 g/mol. The lowest BCUT2D eigenvalue weighted by molar-refractivity contribution is 0.212. The summed E-state index contributed by atoms with van der Waals surface area (Å²) in [4.78, 5) is 16.7. The number of primary amides is 1. The first kappa shape index (κ1) is 16.1. The minimum atomic E-state index is -0.972. The smallest absolute Gasteiger partial charge is 0.397 e. The minimum Gasteiger partial charge on any atom is -0.397 e. The van der Waals surface area contributed by atoms with E-state index in [1.165, 1.54) is 11.3 Å². The van der Waals surface area contributed by atoms with Crippen molar-refractivity contribution in [2.45, 2.75) is 0 Å². The molecule has 3 aromatic heterocycles. The van der Waals surface area contributed by atoms with Crippen LogP contribution in [-0.4, -0.2) is 11.1 Å². The van der Waals surface area contributed by atoms with Gasteiger partial charge in [-0.3, -0.25) is 0 Å². The van der Waals surface area contributed by atoms with Gasteiger partial charge in [-0.1, -0.05) is 29.5 Å². The van der Waals surface area contributed by atoms with Crippen LogP contribution in [0.25, 0.3) is 30.7 Å². The lowest BCUT2D eigenvalue weighted by atomic mass is 10.0. The summed E-state index contributed by atoms with van der Waals surface area (Å²) in [5.74, 6) is 0.0966. The molecule has 128 valence electrons. The molecule has 0 fully saturated rings. The molecule has 0 aliphatic carbocycles. The zero-order valence-corrected chi connectivity index (χ0v) is 14.8. The summed E-state index contributed by atoms with van der Waals surface area (Å²) < 4.78 is 6.03. The molecule has 0 aliphatic rings. The largest absolute Gasteiger partial charge is 0.410 e. The number of pyridine rings is 1. The Balaban J connectivity index is 2.10. The van der Waals surface area contributed by atoms with Gasteiger partial charge in [-0.15, -0.1) is 11.3 Å². The molecule has 9 heteroatoms. The molecule has 0 bridgehead atoms. The topological polar surface area (TPSA) is 141 Å². The molecule has 26 heavy (non-hydrogen) atoms. The van der Waals surface area contributed by atoms with Crippen LogP contribution < -0.4 is 21.9 Å². The van der Waals surface area contributed by atoms with Gasteiger partial charge < -0.3 is 21.9 Å². The first-order valence-corrected chi connectivity index (χ1v) is 9.00. The second kappa shape index (κ2) is 5.87. The van der Waals surface area contributed by atoms with E-state index in [1.54, 1.807) is 0 Å². The number of amides is 1. The van der Waals surface area contributed by atoms with Gasteiger partial charge in [-0.2, -0.15) is 5.26 Å². The fourth-order valence-corrected chi connectivity index (χ4v) is 4.87. The molecule has 4 rings (SSSR count). The third kappa shape index (κ3) is 2.40. The molecule has 4 aromatic rings. The average Bonchev–Trinajstić information content (AvgIpc) is 3.15. The van der Waals surface area contributed by atoms with E-state index in [0.717, 1.165) is 26.3 Å². The van der Waals surface area contributed by atoms with E-state index in [0.29, 0.717) is 15.8 Å². The van der Waals surface area contributed by atoms with Gasteiger partial charge in [0.05, 0.1) is 5.69 Å². The summed E-state index contributed by atoms with van der Waals surface area (Å²) in [6, 6.07) is 12.0. The number of nitriles is 1. The van der Waals surface area contributed by atoms with Crippen molar-refractivity contribution in [3.63, 3.8) is 0 Å². The Morgan fingerprint density at radius 3 is 2.69 bits per heavy atom. The summed E-state index contributed by atoms with van der Waals surface area (Å²) in [5, 5.41) is 11.3. The number of fused-ring (bicyclic) bond motifs is 2. The number of ether oxygens (including phenoxy) is 1. The molecule has 7 nitrogen and oxygen atoms in total. The molecule has 0 saturated heterocycles. The minimum absolute atomic E-state index is 0.0966. The van der Waals surface area contributed by atoms with Crippen LogP contribution >= 0.6 is 22.7 Å². The van der Waals surface area contributed by atoms with Gasteiger partial charge in [-0.05, 0) is 17.5 Å². The fraction of sp³-hybridized carbons (Fsp3) is 0. The SMILES string of the molecule is N#Cc1c(N)nc2sc(OC(N)=O)c(N)c2c1-c1cc2ccccc2s1. The fourth-order valence-electron chi connectivity index (χ4n) is 2.78. The maximum atomic E-state index is 11.1. The van der Waals surface area contributed by atoms with E-state index >= 15 is 0 Å². The van der Waals surface area contributed by atoms with Gasteiger partial charge in [0.1, 0.15) is 22.3 Å². The highest BCUT2D eigenvalue weighted by atomic mass is 32.1. The zero-order chi connectivity index (χ0) is 18.4. The van der Waals surface area contributed by atoms with Crippen LogP contribution in [0, 0.1) is 11.3 Å². The van der Waals surface area contributed by atoms with Crippen molar-refractivity contribution < 1.29 is 9.53 Å². The third-order valence-electron chi connectivity index (χ3n) is 3.85. The second-order valence-electron chi connectivity index (χ2n) is 5.41. The van der Waals surface area contributed by atoms with Crippen molar-refractivity contribution in [1.29, 1.82) is 5.26 Å². The van der Waals surface area contributed by atoms with E-state index < -0.39 is 6.09 Å². The number of aromatic nitrogens is 1. The predicted octanol–water partition coefficient (Wildman–Crippen LogP) is 3.67. The average molecular weight is 381 g/mol. The van der Waals surface area contributed by atoms with Crippen molar-refractivity contribution >= 4 is 60.6 Å². The third-order valence-corrected chi connectivity index (χ3v) is 5.96. The molecule has 6 N–H and O–H groups in total. The van der Waals surface area contributed by atoms with Crippen molar-refractivity contribution in [2.24, 2.45) is 5.73 Å². The number of benzene rings is 1. The van der Waals surface area contributed by atoms with E-state index in [1.807, 2.05) is 30.3 Å². The van der Waals surface area contributed by atoms with Gasteiger partial charge in [0.15, 0.2) is 0 Å². The Bertz CT molecular complexity index is 1200. The number of anilines is 2. The van der Waals surface area contributed by atoms with Gasteiger partial charge >= 0.3 is 6.09 Å². The summed E-state index contributed by atoms with van der Waals surface area (Å²) in [6.07, 6.45) is -0.972. The van der Waals surface area contributed by atoms with Crippen LogP contribution in [0.1, 0.15) is 5.56 Å². The number of nitrogens with zero attached hydrogens (tertiary/aromatic N) is 2. The summed E-state index contributed by atoms with van der Waals surface area (Å²) >= 11 is 2.57. The molecule has 0 saturated carbocycles.